The highest BCUT2D eigenvalue weighted by molar-refractivity contribution is 5.94. The molecule has 4 rings (SSSR count). The molecule has 1 fully saturated rings. The summed E-state index contributed by atoms with van der Waals surface area (Å²) in [4.78, 5) is 18.6. The summed E-state index contributed by atoms with van der Waals surface area (Å²) in [6, 6.07) is 13.1. The molecule has 0 saturated carbocycles. The maximum absolute atomic E-state index is 12.6. The second-order valence-electron chi connectivity index (χ2n) is 7.31. The fraction of sp³-hybridized carbons (Fsp3) is 0.333. The third-order valence-electron chi connectivity index (χ3n) is 5.11. The molecule has 1 amide bonds. The van der Waals surface area contributed by atoms with Crippen LogP contribution in [0.25, 0.3) is 16.9 Å². The summed E-state index contributed by atoms with van der Waals surface area (Å²) in [5, 5.41) is 2.94. The molecule has 152 valence electrons. The summed E-state index contributed by atoms with van der Waals surface area (Å²) in [7, 11) is 0. The SMILES string of the molecule is O=C(NC1CCN(CC(F)(F)F)CC1)c1ccc2nc(-c3ccccc3)cn2c1. The summed E-state index contributed by atoms with van der Waals surface area (Å²) in [5.74, 6) is -0.226. The molecule has 1 aliphatic heterocycles. The van der Waals surface area contributed by atoms with Crippen LogP contribution in [0.2, 0.25) is 0 Å². The fourth-order valence-electron chi connectivity index (χ4n) is 3.63. The van der Waals surface area contributed by atoms with E-state index in [0.717, 1.165) is 16.9 Å². The van der Waals surface area contributed by atoms with Gasteiger partial charge in [0.1, 0.15) is 5.65 Å². The van der Waals surface area contributed by atoms with Gasteiger partial charge in [-0.15, -0.1) is 0 Å². The minimum absolute atomic E-state index is 0.120. The van der Waals surface area contributed by atoms with Crippen molar-refractivity contribution in [3.8, 4) is 11.3 Å². The van der Waals surface area contributed by atoms with E-state index in [4.69, 9.17) is 0 Å². The van der Waals surface area contributed by atoms with Crippen LogP contribution in [-0.2, 0) is 0 Å². The van der Waals surface area contributed by atoms with Crippen LogP contribution < -0.4 is 5.32 Å². The van der Waals surface area contributed by atoms with Gasteiger partial charge in [0.05, 0.1) is 17.8 Å². The molecule has 0 radical (unpaired) electrons. The standard InChI is InChI=1S/C21H21F3N4O/c22-21(23,24)14-27-10-8-17(9-11-27)25-20(29)16-6-7-19-26-18(13-28(19)12-16)15-4-2-1-3-5-15/h1-7,12-13,17H,8-11,14H2,(H,25,29). The number of likely N-dealkylation sites (tertiary alicyclic amines) is 1. The molecule has 1 N–H and O–H groups in total. The quantitative estimate of drug-likeness (QED) is 0.723. The maximum Gasteiger partial charge on any atom is 0.401 e. The third-order valence-corrected chi connectivity index (χ3v) is 5.11. The highest BCUT2D eigenvalue weighted by Crippen LogP contribution is 2.21. The van der Waals surface area contributed by atoms with Crippen molar-refractivity contribution in [2.75, 3.05) is 19.6 Å². The number of amides is 1. The molecule has 3 heterocycles. The van der Waals surface area contributed by atoms with E-state index >= 15 is 0 Å². The molecule has 1 saturated heterocycles. The van der Waals surface area contributed by atoms with E-state index in [-0.39, 0.29) is 11.9 Å². The summed E-state index contributed by atoms with van der Waals surface area (Å²) in [5.41, 5.74) is 3.04. The number of alkyl halides is 3. The van der Waals surface area contributed by atoms with Crippen molar-refractivity contribution in [2.45, 2.75) is 25.1 Å². The number of carbonyl (C=O) groups is 1. The first-order valence-electron chi connectivity index (χ1n) is 9.51. The molecule has 8 heteroatoms. The fourth-order valence-corrected chi connectivity index (χ4v) is 3.63. The summed E-state index contributed by atoms with van der Waals surface area (Å²) >= 11 is 0. The summed E-state index contributed by atoms with van der Waals surface area (Å²) in [6.45, 7) is -0.244. The maximum atomic E-state index is 12.6. The number of aromatic nitrogens is 2. The van der Waals surface area contributed by atoms with E-state index in [0.29, 0.717) is 31.5 Å². The molecule has 0 bridgehead atoms. The molecular formula is C21H21F3N4O. The number of fused-ring (bicyclic) bond motifs is 1. The van der Waals surface area contributed by atoms with Gasteiger partial charge >= 0.3 is 6.18 Å². The van der Waals surface area contributed by atoms with Crippen LogP contribution in [0.3, 0.4) is 0 Å². The van der Waals surface area contributed by atoms with Crippen molar-refractivity contribution in [2.24, 2.45) is 0 Å². The zero-order chi connectivity index (χ0) is 20.4. The minimum Gasteiger partial charge on any atom is -0.349 e. The van der Waals surface area contributed by atoms with Crippen LogP contribution in [0, 0.1) is 0 Å². The first kappa shape index (κ1) is 19.4. The predicted octanol–water partition coefficient (Wildman–Crippen LogP) is 3.76. The van der Waals surface area contributed by atoms with Gasteiger partial charge < -0.3 is 9.72 Å². The second kappa shape index (κ2) is 7.87. The van der Waals surface area contributed by atoms with Crippen LogP contribution in [0.5, 0.6) is 0 Å². The van der Waals surface area contributed by atoms with Crippen LogP contribution in [0.4, 0.5) is 13.2 Å². The molecule has 0 spiro atoms. The number of hydrogen-bond acceptors (Lipinski definition) is 3. The van der Waals surface area contributed by atoms with Crippen molar-refractivity contribution >= 4 is 11.6 Å². The van der Waals surface area contributed by atoms with Gasteiger partial charge in [0, 0.05) is 37.1 Å². The number of imidazole rings is 1. The number of pyridine rings is 1. The number of halogens is 3. The van der Waals surface area contributed by atoms with Crippen molar-refractivity contribution in [1.29, 1.82) is 0 Å². The Kier molecular flexibility index (Phi) is 5.27. The van der Waals surface area contributed by atoms with Gasteiger partial charge in [-0.25, -0.2) is 4.98 Å². The monoisotopic (exact) mass is 402 g/mol. The molecule has 5 nitrogen and oxygen atoms in total. The van der Waals surface area contributed by atoms with Gasteiger partial charge in [-0.05, 0) is 25.0 Å². The lowest BCUT2D eigenvalue weighted by molar-refractivity contribution is -0.148. The number of hydrogen-bond donors (Lipinski definition) is 1. The molecule has 29 heavy (non-hydrogen) atoms. The van der Waals surface area contributed by atoms with E-state index in [2.05, 4.69) is 10.3 Å². The van der Waals surface area contributed by atoms with E-state index in [1.54, 1.807) is 18.3 Å². The van der Waals surface area contributed by atoms with E-state index < -0.39 is 12.7 Å². The van der Waals surface area contributed by atoms with Gasteiger partial charge in [0.25, 0.3) is 5.91 Å². The summed E-state index contributed by atoms with van der Waals surface area (Å²) in [6.07, 6.45) is 0.426. The largest absolute Gasteiger partial charge is 0.401 e. The Balaban J connectivity index is 1.40. The van der Waals surface area contributed by atoms with E-state index in [1.807, 2.05) is 40.9 Å². The van der Waals surface area contributed by atoms with Crippen LogP contribution in [0.15, 0.2) is 54.9 Å². The predicted molar refractivity (Wildman–Crippen MR) is 104 cm³/mol. The van der Waals surface area contributed by atoms with Gasteiger partial charge in [0.2, 0.25) is 0 Å². The number of rotatable bonds is 4. The zero-order valence-electron chi connectivity index (χ0n) is 15.7. The smallest absolute Gasteiger partial charge is 0.349 e. The van der Waals surface area contributed by atoms with Gasteiger partial charge in [-0.3, -0.25) is 9.69 Å². The van der Waals surface area contributed by atoms with Crippen molar-refractivity contribution < 1.29 is 18.0 Å². The lowest BCUT2D eigenvalue weighted by Crippen LogP contribution is -2.47. The highest BCUT2D eigenvalue weighted by atomic mass is 19.4. The Morgan fingerprint density at radius 1 is 1.07 bits per heavy atom. The van der Waals surface area contributed by atoms with Gasteiger partial charge in [0.15, 0.2) is 0 Å². The first-order valence-corrected chi connectivity index (χ1v) is 9.51. The Morgan fingerprint density at radius 3 is 2.48 bits per heavy atom. The Morgan fingerprint density at radius 2 is 1.79 bits per heavy atom. The molecule has 0 unspecified atom stereocenters. The van der Waals surface area contributed by atoms with E-state index in [1.165, 1.54) is 4.90 Å². The van der Waals surface area contributed by atoms with Gasteiger partial charge in [-0.2, -0.15) is 13.2 Å². The molecular weight excluding hydrogens is 381 g/mol. The molecule has 3 aromatic rings. The van der Waals surface area contributed by atoms with Crippen LogP contribution >= 0.6 is 0 Å². The Bertz CT molecular complexity index is 992. The first-order chi connectivity index (χ1) is 13.9. The zero-order valence-corrected chi connectivity index (χ0v) is 15.7. The van der Waals surface area contributed by atoms with Gasteiger partial charge in [-0.1, -0.05) is 30.3 Å². The molecule has 0 atom stereocenters. The van der Waals surface area contributed by atoms with Crippen molar-refractivity contribution in [1.82, 2.24) is 19.6 Å². The van der Waals surface area contributed by atoms with Crippen LogP contribution in [-0.4, -0.2) is 52.0 Å². The van der Waals surface area contributed by atoms with Crippen molar-refractivity contribution in [3.63, 3.8) is 0 Å². The average molecular weight is 402 g/mol. The molecule has 1 aliphatic rings. The molecule has 0 aliphatic carbocycles. The molecule has 2 aromatic heterocycles. The number of piperidine rings is 1. The van der Waals surface area contributed by atoms with Crippen molar-refractivity contribution in [3.05, 3.63) is 60.4 Å². The Hall–Kier alpha value is -2.87. The average Bonchev–Trinajstić information content (AvgIpc) is 3.12. The number of benzene rings is 1. The topological polar surface area (TPSA) is 49.6 Å². The minimum atomic E-state index is -4.19. The lowest BCUT2D eigenvalue weighted by Gasteiger charge is -2.32. The second-order valence-corrected chi connectivity index (χ2v) is 7.31. The van der Waals surface area contributed by atoms with Crippen LogP contribution in [0.1, 0.15) is 23.2 Å². The normalized spacial score (nSPS) is 16.2. The Labute approximate surface area is 166 Å². The lowest BCUT2D eigenvalue weighted by atomic mass is 10.0. The van der Waals surface area contributed by atoms with E-state index in [9.17, 15) is 18.0 Å². The molecule has 1 aromatic carbocycles. The third kappa shape index (κ3) is 4.76. The summed E-state index contributed by atoms with van der Waals surface area (Å²) < 4.78 is 39.3. The number of nitrogens with one attached hydrogen (secondary N) is 1. The number of carbonyl (C=O) groups excluding carboxylic acids is 1. The highest BCUT2D eigenvalue weighted by Gasteiger charge is 2.32. The number of nitrogens with zero attached hydrogens (tertiary/aromatic N) is 3.